The van der Waals surface area contributed by atoms with Gasteiger partial charge in [-0.15, -0.1) is 0 Å². The molecule has 1 nitrogen and oxygen atoms in total. The van der Waals surface area contributed by atoms with Crippen molar-refractivity contribution in [2.75, 3.05) is 0 Å². The van der Waals surface area contributed by atoms with Crippen molar-refractivity contribution in [3.05, 3.63) is 68.5 Å². The zero-order valence-electron chi connectivity index (χ0n) is 9.21. The molecule has 0 fully saturated rings. The normalized spacial score (nSPS) is 10.3. The van der Waals surface area contributed by atoms with Gasteiger partial charge in [-0.1, -0.05) is 18.2 Å². The molecule has 17 heavy (non-hydrogen) atoms. The van der Waals surface area contributed by atoms with Gasteiger partial charge in [-0.25, -0.2) is 4.39 Å². The lowest BCUT2D eigenvalue weighted by Gasteiger charge is -2.06. The highest BCUT2D eigenvalue weighted by molar-refractivity contribution is 14.1. The molecule has 0 amide bonds. The van der Waals surface area contributed by atoms with Crippen LogP contribution in [-0.4, -0.2) is 5.78 Å². The van der Waals surface area contributed by atoms with E-state index in [0.717, 1.165) is 9.13 Å². The molecule has 0 aliphatic heterocycles. The van der Waals surface area contributed by atoms with Crippen LogP contribution < -0.4 is 0 Å². The lowest BCUT2D eigenvalue weighted by Crippen LogP contribution is -2.06. The Balaban J connectivity index is 2.51. The van der Waals surface area contributed by atoms with E-state index in [-0.39, 0.29) is 11.6 Å². The second kappa shape index (κ2) is 4.96. The largest absolute Gasteiger partial charge is 0.289 e. The minimum Gasteiger partial charge on any atom is -0.289 e. The number of rotatable bonds is 2. The lowest BCUT2D eigenvalue weighted by atomic mass is 9.99. The maximum atomic E-state index is 13.2. The fourth-order valence-electron chi connectivity index (χ4n) is 1.63. The summed E-state index contributed by atoms with van der Waals surface area (Å²) in [6.07, 6.45) is 0. The maximum Gasteiger partial charge on any atom is 0.194 e. The molecule has 0 bridgehead atoms. The number of hydrogen-bond donors (Lipinski definition) is 0. The maximum absolute atomic E-state index is 13.2. The highest BCUT2D eigenvalue weighted by atomic mass is 127. The van der Waals surface area contributed by atoms with Gasteiger partial charge in [0.2, 0.25) is 0 Å². The van der Waals surface area contributed by atoms with E-state index in [0.29, 0.717) is 11.1 Å². The topological polar surface area (TPSA) is 17.1 Å². The van der Waals surface area contributed by atoms with E-state index in [1.54, 1.807) is 12.1 Å². The van der Waals surface area contributed by atoms with Crippen molar-refractivity contribution in [2.45, 2.75) is 6.92 Å². The number of carbonyl (C=O) groups is 1. The minimum absolute atomic E-state index is 0.132. The molecule has 86 valence electrons. The van der Waals surface area contributed by atoms with Gasteiger partial charge in [0.1, 0.15) is 5.82 Å². The predicted molar refractivity (Wildman–Crippen MR) is 73.7 cm³/mol. The summed E-state index contributed by atoms with van der Waals surface area (Å²) in [5, 5.41) is 0. The molecule has 0 aliphatic rings. The Morgan fingerprint density at radius 3 is 2.53 bits per heavy atom. The van der Waals surface area contributed by atoms with E-state index in [1.165, 1.54) is 12.1 Å². The Labute approximate surface area is 113 Å². The van der Waals surface area contributed by atoms with Crippen molar-refractivity contribution in [1.82, 2.24) is 0 Å². The molecule has 0 N–H and O–H groups in total. The second-order valence-corrected chi connectivity index (χ2v) is 4.93. The van der Waals surface area contributed by atoms with Crippen LogP contribution in [0, 0.1) is 16.3 Å². The first-order valence-electron chi connectivity index (χ1n) is 5.15. The van der Waals surface area contributed by atoms with Crippen LogP contribution in [0.15, 0.2) is 42.5 Å². The second-order valence-electron chi connectivity index (χ2n) is 3.77. The highest BCUT2D eigenvalue weighted by Crippen LogP contribution is 2.19. The van der Waals surface area contributed by atoms with Crippen LogP contribution in [0.5, 0.6) is 0 Å². The summed E-state index contributed by atoms with van der Waals surface area (Å²) in [6.45, 7) is 1.81. The number of ketones is 1. The lowest BCUT2D eigenvalue weighted by molar-refractivity contribution is 0.103. The number of benzene rings is 2. The summed E-state index contributed by atoms with van der Waals surface area (Å²) in [4.78, 5) is 12.3. The number of aryl methyl sites for hydroxylation is 1. The van der Waals surface area contributed by atoms with Crippen molar-refractivity contribution < 1.29 is 9.18 Å². The van der Waals surface area contributed by atoms with Crippen LogP contribution >= 0.6 is 22.6 Å². The Hall–Kier alpha value is -1.23. The molecule has 2 rings (SSSR count). The Bertz CT molecular complexity index is 578. The third-order valence-corrected chi connectivity index (χ3v) is 3.50. The molecule has 0 aliphatic carbocycles. The molecule has 0 heterocycles. The van der Waals surface area contributed by atoms with Crippen molar-refractivity contribution in [2.24, 2.45) is 0 Å². The summed E-state index contributed by atoms with van der Waals surface area (Å²) in [5.41, 5.74) is 1.83. The fraction of sp³-hybridized carbons (Fsp3) is 0.0714. The van der Waals surface area contributed by atoms with Gasteiger partial charge in [0, 0.05) is 14.7 Å². The average molecular weight is 340 g/mol. The third kappa shape index (κ3) is 2.54. The van der Waals surface area contributed by atoms with Gasteiger partial charge >= 0.3 is 0 Å². The number of carbonyl (C=O) groups excluding carboxylic acids is 1. The molecule has 0 atom stereocenters. The van der Waals surface area contributed by atoms with E-state index in [9.17, 15) is 9.18 Å². The fourth-order valence-corrected chi connectivity index (χ4v) is 2.26. The summed E-state index contributed by atoms with van der Waals surface area (Å²) in [5.74, 6) is -0.517. The quantitative estimate of drug-likeness (QED) is 0.597. The van der Waals surface area contributed by atoms with Gasteiger partial charge < -0.3 is 0 Å². The molecular formula is C14H10FIO. The zero-order chi connectivity index (χ0) is 12.4. The Morgan fingerprint density at radius 2 is 1.82 bits per heavy atom. The SMILES string of the molecule is Cc1ccc(F)cc1C(=O)c1ccccc1I. The Morgan fingerprint density at radius 1 is 1.12 bits per heavy atom. The summed E-state index contributed by atoms with van der Waals surface area (Å²) in [7, 11) is 0. The molecule has 0 aromatic heterocycles. The average Bonchev–Trinajstić information content (AvgIpc) is 2.32. The molecule has 2 aromatic carbocycles. The highest BCUT2D eigenvalue weighted by Gasteiger charge is 2.14. The molecular weight excluding hydrogens is 330 g/mol. The molecule has 3 heteroatoms. The molecule has 0 unspecified atom stereocenters. The number of halogens is 2. The van der Waals surface area contributed by atoms with E-state index >= 15 is 0 Å². The van der Waals surface area contributed by atoms with Crippen LogP contribution in [0.25, 0.3) is 0 Å². The monoisotopic (exact) mass is 340 g/mol. The van der Waals surface area contributed by atoms with Gasteiger partial charge in [-0.2, -0.15) is 0 Å². The molecule has 2 aromatic rings. The van der Waals surface area contributed by atoms with Crippen LogP contribution in [0.3, 0.4) is 0 Å². The van der Waals surface area contributed by atoms with Gasteiger partial charge in [0.25, 0.3) is 0 Å². The van der Waals surface area contributed by atoms with E-state index in [1.807, 2.05) is 25.1 Å². The number of hydrogen-bond acceptors (Lipinski definition) is 1. The van der Waals surface area contributed by atoms with Gasteiger partial charge in [-0.3, -0.25) is 4.79 Å². The first-order valence-corrected chi connectivity index (χ1v) is 6.23. The van der Waals surface area contributed by atoms with Crippen molar-refractivity contribution in [3.8, 4) is 0 Å². The first kappa shape index (κ1) is 12.2. The molecule has 0 radical (unpaired) electrons. The van der Waals surface area contributed by atoms with E-state index in [4.69, 9.17) is 0 Å². The van der Waals surface area contributed by atoms with E-state index in [2.05, 4.69) is 22.6 Å². The Kier molecular flexibility index (Phi) is 3.57. The van der Waals surface area contributed by atoms with Gasteiger partial charge in [0.15, 0.2) is 5.78 Å². The molecule has 0 spiro atoms. The van der Waals surface area contributed by atoms with Crippen molar-refractivity contribution in [3.63, 3.8) is 0 Å². The standard InChI is InChI=1S/C14H10FIO/c1-9-6-7-10(15)8-12(9)14(17)11-4-2-3-5-13(11)16/h2-8H,1H3. The summed E-state index contributed by atoms with van der Waals surface area (Å²) >= 11 is 2.11. The third-order valence-electron chi connectivity index (χ3n) is 2.56. The van der Waals surface area contributed by atoms with Gasteiger partial charge in [-0.05, 0) is 59.3 Å². The first-order chi connectivity index (χ1) is 8.09. The molecule has 0 saturated carbocycles. The zero-order valence-corrected chi connectivity index (χ0v) is 11.4. The predicted octanol–water partition coefficient (Wildman–Crippen LogP) is 3.97. The van der Waals surface area contributed by atoms with Crippen molar-refractivity contribution >= 4 is 28.4 Å². The van der Waals surface area contributed by atoms with Crippen LogP contribution in [-0.2, 0) is 0 Å². The van der Waals surface area contributed by atoms with E-state index < -0.39 is 0 Å². The van der Waals surface area contributed by atoms with Gasteiger partial charge in [0.05, 0.1) is 0 Å². The molecule has 0 saturated heterocycles. The van der Waals surface area contributed by atoms with Crippen LogP contribution in [0.4, 0.5) is 4.39 Å². The smallest absolute Gasteiger partial charge is 0.194 e. The summed E-state index contributed by atoms with van der Waals surface area (Å²) < 4.78 is 14.0. The minimum atomic E-state index is -0.384. The van der Waals surface area contributed by atoms with Crippen LogP contribution in [0.1, 0.15) is 21.5 Å². The summed E-state index contributed by atoms with van der Waals surface area (Å²) in [6, 6.07) is 11.6. The van der Waals surface area contributed by atoms with Crippen molar-refractivity contribution in [1.29, 1.82) is 0 Å². The van der Waals surface area contributed by atoms with Crippen LogP contribution in [0.2, 0.25) is 0 Å².